The van der Waals surface area contributed by atoms with E-state index >= 15 is 0 Å². The van der Waals surface area contributed by atoms with E-state index in [1.807, 2.05) is 27.7 Å². The average molecular weight is 522 g/mol. The van der Waals surface area contributed by atoms with E-state index in [1.54, 1.807) is 34.1 Å². The number of nitrogens with one attached hydrogen (secondary N) is 2. The van der Waals surface area contributed by atoms with Gasteiger partial charge < -0.3 is 24.6 Å². The lowest BCUT2D eigenvalue weighted by molar-refractivity contribution is 0.0949. The predicted molar refractivity (Wildman–Crippen MR) is 142 cm³/mol. The van der Waals surface area contributed by atoms with Crippen LogP contribution in [0.15, 0.2) is 24.3 Å². The molecule has 1 aromatic heterocycles. The summed E-state index contributed by atoms with van der Waals surface area (Å²) in [5.74, 6) is 0.289. The van der Waals surface area contributed by atoms with Crippen LogP contribution < -0.4 is 14.8 Å². The van der Waals surface area contributed by atoms with Crippen molar-refractivity contribution in [3.63, 3.8) is 0 Å². The van der Waals surface area contributed by atoms with Gasteiger partial charge in [0, 0.05) is 43.4 Å². The maximum Gasteiger partial charge on any atom is 0.415 e. The van der Waals surface area contributed by atoms with Crippen LogP contribution in [0.3, 0.4) is 0 Å². The first-order valence-corrected chi connectivity index (χ1v) is 12.9. The molecule has 2 aliphatic rings. The molecule has 0 atom stereocenters. The first kappa shape index (κ1) is 27.1. The molecule has 2 N–H and O–H groups in total. The molecule has 1 aromatic carbocycles. The third kappa shape index (κ3) is 5.49. The molecule has 0 spiro atoms. The molecule has 3 heterocycles. The Bertz CT molecular complexity index is 1280. The number of amides is 2. The van der Waals surface area contributed by atoms with Crippen LogP contribution in [-0.2, 0) is 12.0 Å². The molecular weight excluding hydrogens is 486 g/mol. The predicted octanol–water partition coefficient (Wildman–Crippen LogP) is 3.76. The van der Waals surface area contributed by atoms with Crippen LogP contribution >= 0.6 is 0 Å². The van der Waals surface area contributed by atoms with Gasteiger partial charge in [-0.05, 0) is 49.4 Å². The van der Waals surface area contributed by atoms with E-state index in [4.69, 9.17) is 14.9 Å². The highest BCUT2D eigenvalue weighted by Gasteiger charge is 2.31. The molecule has 10 nitrogen and oxygen atoms in total. The molecule has 0 radical (unpaired) electrons. The summed E-state index contributed by atoms with van der Waals surface area (Å²) in [5.41, 5.74) is 2.05. The van der Waals surface area contributed by atoms with Gasteiger partial charge >= 0.3 is 6.09 Å². The molecule has 1 saturated heterocycles. The summed E-state index contributed by atoms with van der Waals surface area (Å²) in [7, 11) is 1.51. The maximum absolute atomic E-state index is 13.3. The number of hydrogen-bond acceptors (Lipinski definition) is 7. The van der Waals surface area contributed by atoms with E-state index in [0.717, 1.165) is 24.0 Å². The second-order valence-electron chi connectivity index (χ2n) is 10.5. The fourth-order valence-electron chi connectivity index (χ4n) is 4.68. The quantitative estimate of drug-likeness (QED) is 0.532. The molecule has 2 aromatic rings. The molecule has 202 valence electrons. The molecule has 38 heavy (non-hydrogen) atoms. The van der Waals surface area contributed by atoms with Crippen molar-refractivity contribution < 1.29 is 23.9 Å². The number of ketones is 1. The van der Waals surface area contributed by atoms with Gasteiger partial charge in [-0.15, -0.1) is 0 Å². The van der Waals surface area contributed by atoms with E-state index < -0.39 is 5.91 Å². The standard InChI is InChI=1S/C28H35N5O5/c1-6-37-22-14-18-15-33(25(29)23(18)31-24(22)26(35)30-5)16-20(34)17-9-10-21(19(13-17)28(2,3)4)38-27(36)32-11-7-8-12-32/h9-10,13-14,29H,6-8,11-12,15-16H2,1-5H3,(H,30,35). The number of pyridine rings is 1. The Morgan fingerprint density at radius 1 is 1.11 bits per heavy atom. The summed E-state index contributed by atoms with van der Waals surface area (Å²) < 4.78 is 11.3. The van der Waals surface area contributed by atoms with E-state index in [-0.39, 0.29) is 35.4 Å². The van der Waals surface area contributed by atoms with Crippen LogP contribution in [0.5, 0.6) is 11.5 Å². The van der Waals surface area contributed by atoms with Gasteiger partial charge in [0.25, 0.3) is 5.91 Å². The van der Waals surface area contributed by atoms with Crippen molar-refractivity contribution in [3.8, 4) is 11.5 Å². The first-order chi connectivity index (χ1) is 18.0. The van der Waals surface area contributed by atoms with Crippen molar-refractivity contribution in [1.82, 2.24) is 20.1 Å². The lowest BCUT2D eigenvalue weighted by atomic mass is 9.85. The zero-order valence-electron chi connectivity index (χ0n) is 22.6. The Labute approximate surface area is 222 Å². The van der Waals surface area contributed by atoms with Gasteiger partial charge in [-0.2, -0.15) is 0 Å². The molecule has 0 saturated carbocycles. The highest BCUT2D eigenvalue weighted by molar-refractivity contribution is 6.05. The molecule has 4 rings (SSSR count). The topological polar surface area (TPSA) is 125 Å². The van der Waals surface area contributed by atoms with Crippen LogP contribution in [0.2, 0.25) is 0 Å². The minimum atomic E-state index is -0.404. The van der Waals surface area contributed by atoms with Gasteiger partial charge in [-0.25, -0.2) is 9.78 Å². The number of hydrogen-bond donors (Lipinski definition) is 2. The summed E-state index contributed by atoms with van der Waals surface area (Å²) in [6, 6.07) is 6.83. The Kier molecular flexibility index (Phi) is 7.71. The van der Waals surface area contributed by atoms with Gasteiger partial charge in [-0.1, -0.05) is 20.8 Å². The fraction of sp³-hybridized carbons (Fsp3) is 0.464. The zero-order chi connectivity index (χ0) is 27.6. The van der Waals surface area contributed by atoms with Crippen molar-refractivity contribution in [2.45, 2.75) is 52.5 Å². The van der Waals surface area contributed by atoms with E-state index in [9.17, 15) is 14.4 Å². The number of fused-ring (bicyclic) bond motifs is 1. The number of benzene rings is 1. The van der Waals surface area contributed by atoms with E-state index in [2.05, 4.69) is 10.3 Å². The van der Waals surface area contributed by atoms with Crippen molar-refractivity contribution in [2.24, 2.45) is 0 Å². The fourth-order valence-corrected chi connectivity index (χ4v) is 4.68. The first-order valence-electron chi connectivity index (χ1n) is 12.9. The highest BCUT2D eigenvalue weighted by atomic mass is 16.6. The number of aromatic nitrogens is 1. The normalized spacial score (nSPS) is 14.9. The lowest BCUT2D eigenvalue weighted by Gasteiger charge is -2.25. The smallest absolute Gasteiger partial charge is 0.415 e. The van der Waals surface area contributed by atoms with Crippen LogP contribution in [0.25, 0.3) is 0 Å². The van der Waals surface area contributed by atoms with E-state index in [0.29, 0.717) is 49.0 Å². The summed E-state index contributed by atoms with van der Waals surface area (Å²) in [4.78, 5) is 46.0. The number of Topliss-reactive ketones (excluding diaryl/α,β-unsaturated/α-hetero) is 1. The molecule has 0 aliphatic carbocycles. The lowest BCUT2D eigenvalue weighted by Crippen LogP contribution is -2.32. The van der Waals surface area contributed by atoms with Gasteiger partial charge in [0.05, 0.1) is 13.2 Å². The van der Waals surface area contributed by atoms with Crippen molar-refractivity contribution in [1.29, 1.82) is 5.41 Å². The Morgan fingerprint density at radius 3 is 2.45 bits per heavy atom. The van der Waals surface area contributed by atoms with E-state index in [1.165, 1.54) is 7.05 Å². The van der Waals surface area contributed by atoms with Crippen molar-refractivity contribution >= 4 is 23.6 Å². The third-order valence-electron chi connectivity index (χ3n) is 6.72. The monoisotopic (exact) mass is 521 g/mol. The zero-order valence-corrected chi connectivity index (χ0v) is 22.6. The summed E-state index contributed by atoms with van der Waals surface area (Å²) >= 11 is 0. The van der Waals surface area contributed by atoms with Crippen molar-refractivity contribution in [3.05, 3.63) is 52.3 Å². The number of carbonyl (C=O) groups excluding carboxylic acids is 3. The largest absolute Gasteiger partial charge is 0.491 e. The number of carbonyl (C=O) groups is 3. The molecule has 2 aliphatic heterocycles. The minimum absolute atomic E-state index is 0.0367. The van der Waals surface area contributed by atoms with Gasteiger partial charge in [-0.3, -0.25) is 15.0 Å². The van der Waals surface area contributed by atoms with Gasteiger partial charge in [0.2, 0.25) is 0 Å². The number of nitrogens with zero attached hydrogens (tertiary/aromatic N) is 3. The second-order valence-corrected chi connectivity index (χ2v) is 10.5. The number of amidine groups is 1. The Morgan fingerprint density at radius 2 is 1.82 bits per heavy atom. The molecule has 0 bridgehead atoms. The van der Waals surface area contributed by atoms with Crippen LogP contribution in [0.1, 0.15) is 78.2 Å². The molecule has 2 amide bonds. The Balaban J connectivity index is 1.54. The Hall–Kier alpha value is -3.95. The van der Waals surface area contributed by atoms with Crippen molar-refractivity contribution in [2.75, 3.05) is 33.3 Å². The van der Waals surface area contributed by atoms with Crippen LogP contribution in [0.4, 0.5) is 4.79 Å². The molecule has 1 fully saturated rings. The summed E-state index contributed by atoms with van der Waals surface area (Å²) in [6.07, 6.45) is 1.57. The summed E-state index contributed by atoms with van der Waals surface area (Å²) in [6.45, 7) is 9.84. The molecular formula is C28H35N5O5. The number of ether oxygens (including phenoxy) is 2. The summed E-state index contributed by atoms with van der Waals surface area (Å²) in [5, 5.41) is 11.2. The van der Waals surface area contributed by atoms with Crippen LogP contribution in [0, 0.1) is 5.41 Å². The SMILES string of the molecule is CCOc1cc2c(nc1C(=O)NC)C(=N)N(CC(=O)c1ccc(OC(=O)N3CCCC3)c(C(C)(C)C)c1)C2. The van der Waals surface area contributed by atoms with Crippen LogP contribution in [-0.4, -0.2) is 71.7 Å². The molecule has 10 heteroatoms. The van der Waals surface area contributed by atoms with Gasteiger partial charge in [0.15, 0.2) is 17.2 Å². The minimum Gasteiger partial charge on any atom is -0.491 e. The third-order valence-corrected chi connectivity index (χ3v) is 6.72. The average Bonchev–Trinajstić information content (AvgIpc) is 3.52. The number of rotatable bonds is 7. The second kappa shape index (κ2) is 10.8. The molecule has 0 unspecified atom stereocenters. The van der Waals surface area contributed by atoms with Gasteiger partial charge in [0.1, 0.15) is 17.3 Å². The highest BCUT2D eigenvalue weighted by Crippen LogP contribution is 2.34. The maximum atomic E-state index is 13.3. The number of likely N-dealkylation sites (tertiary alicyclic amines) is 1.